The van der Waals surface area contributed by atoms with Gasteiger partial charge in [0.2, 0.25) is 0 Å². The lowest BCUT2D eigenvalue weighted by atomic mass is 10.1. The quantitative estimate of drug-likeness (QED) is 0.819. The van der Waals surface area contributed by atoms with Crippen LogP contribution in [-0.4, -0.2) is 42.5 Å². The molecule has 1 unspecified atom stereocenters. The van der Waals surface area contributed by atoms with E-state index >= 15 is 0 Å². The molecule has 1 aromatic rings. The second-order valence-electron chi connectivity index (χ2n) is 5.09. The molecule has 0 aliphatic carbocycles. The summed E-state index contributed by atoms with van der Waals surface area (Å²) in [6, 6.07) is 4.02. The fraction of sp³-hybridized carbons (Fsp3) is 0.692. The lowest BCUT2D eigenvalue weighted by Crippen LogP contribution is -2.42. The van der Waals surface area contributed by atoms with Gasteiger partial charge in [-0.05, 0) is 24.5 Å². The molecule has 5 heteroatoms. The maximum Gasteiger partial charge on any atom is 0.148 e. The van der Waals surface area contributed by atoms with Gasteiger partial charge in [0.05, 0.1) is 18.4 Å². The van der Waals surface area contributed by atoms with Gasteiger partial charge < -0.3 is 15.4 Å². The van der Waals surface area contributed by atoms with E-state index in [1.165, 1.54) is 0 Å². The van der Waals surface area contributed by atoms with Gasteiger partial charge in [-0.1, -0.05) is 13.8 Å². The Kier molecular flexibility index (Phi) is 4.90. The molecular weight excluding hydrogens is 228 g/mol. The fourth-order valence-electron chi connectivity index (χ4n) is 1.95. The van der Waals surface area contributed by atoms with E-state index in [1.807, 2.05) is 12.1 Å². The molecule has 1 aliphatic heterocycles. The largest absolute Gasteiger partial charge is 0.374 e. The zero-order valence-corrected chi connectivity index (χ0v) is 11.1. The van der Waals surface area contributed by atoms with Gasteiger partial charge in [-0.2, -0.15) is 5.10 Å². The van der Waals surface area contributed by atoms with E-state index in [9.17, 15) is 0 Å². The van der Waals surface area contributed by atoms with Gasteiger partial charge >= 0.3 is 0 Å². The summed E-state index contributed by atoms with van der Waals surface area (Å²) >= 11 is 0. The Morgan fingerprint density at radius 3 is 2.94 bits per heavy atom. The Morgan fingerprint density at radius 2 is 2.33 bits per heavy atom. The number of ether oxygens (including phenoxy) is 1. The van der Waals surface area contributed by atoms with Gasteiger partial charge in [0, 0.05) is 19.6 Å². The van der Waals surface area contributed by atoms with Crippen molar-refractivity contribution in [1.82, 2.24) is 15.5 Å². The maximum absolute atomic E-state index is 5.60. The number of hydrogen-bond acceptors (Lipinski definition) is 5. The first-order valence-corrected chi connectivity index (χ1v) is 6.63. The third kappa shape index (κ3) is 4.23. The zero-order chi connectivity index (χ0) is 12.8. The van der Waals surface area contributed by atoms with Gasteiger partial charge in [0.1, 0.15) is 5.82 Å². The standard InChI is InChI=1S/C13H22N4O/c1-10(2)7-11-3-4-13(17-16-11)15-9-12-8-14-5-6-18-12/h3-4,10,12,14H,5-9H2,1-2H3,(H,15,17). The van der Waals surface area contributed by atoms with Crippen LogP contribution in [0.5, 0.6) is 0 Å². The van der Waals surface area contributed by atoms with Crippen LogP contribution in [0, 0.1) is 5.92 Å². The summed E-state index contributed by atoms with van der Waals surface area (Å²) in [5.41, 5.74) is 1.05. The molecule has 1 fully saturated rings. The molecule has 0 radical (unpaired) electrons. The zero-order valence-electron chi connectivity index (χ0n) is 11.1. The molecule has 1 saturated heterocycles. The highest BCUT2D eigenvalue weighted by Crippen LogP contribution is 2.07. The molecule has 0 amide bonds. The molecule has 1 atom stereocenters. The van der Waals surface area contributed by atoms with Gasteiger partial charge in [-0.15, -0.1) is 5.10 Å². The highest BCUT2D eigenvalue weighted by molar-refractivity contribution is 5.33. The van der Waals surface area contributed by atoms with Gasteiger partial charge in [0.15, 0.2) is 0 Å². The first-order valence-electron chi connectivity index (χ1n) is 6.63. The molecule has 0 aromatic carbocycles. The van der Waals surface area contributed by atoms with Gasteiger partial charge in [0.25, 0.3) is 0 Å². The van der Waals surface area contributed by atoms with Crippen LogP contribution >= 0.6 is 0 Å². The lowest BCUT2D eigenvalue weighted by molar-refractivity contribution is 0.0372. The molecule has 1 aliphatic rings. The summed E-state index contributed by atoms with van der Waals surface area (Å²) in [6.45, 7) is 7.76. The van der Waals surface area contributed by atoms with Gasteiger partial charge in [-0.3, -0.25) is 0 Å². The second kappa shape index (κ2) is 6.66. The van der Waals surface area contributed by atoms with E-state index in [1.54, 1.807) is 0 Å². The Bertz CT molecular complexity index is 347. The van der Waals surface area contributed by atoms with Crippen molar-refractivity contribution in [2.45, 2.75) is 26.4 Å². The van der Waals surface area contributed by atoms with Crippen LogP contribution in [0.15, 0.2) is 12.1 Å². The lowest BCUT2D eigenvalue weighted by Gasteiger charge is -2.23. The number of nitrogens with one attached hydrogen (secondary N) is 2. The van der Waals surface area contributed by atoms with Crippen molar-refractivity contribution < 1.29 is 4.74 Å². The molecule has 18 heavy (non-hydrogen) atoms. The molecule has 5 nitrogen and oxygen atoms in total. The van der Waals surface area contributed by atoms with Crippen LogP contribution in [0.2, 0.25) is 0 Å². The van der Waals surface area contributed by atoms with Crippen molar-refractivity contribution in [2.24, 2.45) is 5.92 Å². The summed E-state index contributed by atoms with van der Waals surface area (Å²) in [6.07, 6.45) is 1.19. The molecule has 2 heterocycles. The Morgan fingerprint density at radius 1 is 1.44 bits per heavy atom. The summed E-state index contributed by atoms with van der Waals surface area (Å²) < 4.78 is 5.60. The number of aromatic nitrogens is 2. The molecule has 2 N–H and O–H groups in total. The smallest absolute Gasteiger partial charge is 0.148 e. The van der Waals surface area contributed by atoms with Crippen LogP contribution in [-0.2, 0) is 11.2 Å². The highest BCUT2D eigenvalue weighted by atomic mass is 16.5. The van der Waals surface area contributed by atoms with Gasteiger partial charge in [-0.25, -0.2) is 0 Å². The molecule has 0 spiro atoms. The molecule has 0 bridgehead atoms. The number of nitrogens with zero attached hydrogens (tertiary/aromatic N) is 2. The maximum atomic E-state index is 5.60. The van der Waals surface area contributed by atoms with Crippen LogP contribution in [0.1, 0.15) is 19.5 Å². The number of morpholine rings is 1. The van der Waals surface area contributed by atoms with Crippen LogP contribution in [0.4, 0.5) is 5.82 Å². The minimum Gasteiger partial charge on any atom is -0.374 e. The summed E-state index contributed by atoms with van der Waals surface area (Å²) in [5, 5.41) is 14.9. The summed E-state index contributed by atoms with van der Waals surface area (Å²) in [4.78, 5) is 0. The predicted molar refractivity (Wildman–Crippen MR) is 71.7 cm³/mol. The van der Waals surface area contributed by atoms with Crippen molar-refractivity contribution in [1.29, 1.82) is 0 Å². The minimum absolute atomic E-state index is 0.218. The van der Waals surface area contributed by atoms with Crippen LogP contribution in [0.3, 0.4) is 0 Å². The monoisotopic (exact) mass is 250 g/mol. The molecule has 0 saturated carbocycles. The Balaban J connectivity index is 1.78. The first kappa shape index (κ1) is 13.2. The third-order valence-electron chi connectivity index (χ3n) is 2.85. The normalized spacial score (nSPS) is 20.1. The van der Waals surface area contributed by atoms with Crippen molar-refractivity contribution in [3.63, 3.8) is 0 Å². The van der Waals surface area contributed by atoms with E-state index in [0.29, 0.717) is 5.92 Å². The molecule has 2 rings (SSSR count). The minimum atomic E-state index is 0.218. The topological polar surface area (TPSA) is 59.1 Å². The van der Waals surface area contributed by atoms with E-state index < -0.39 is 0 Å². The van der Waals surface area contributed by atoms with Crippen molar-refractivity contribution >= 4 is 5.82 Å². The van der Waals surface area contributed by atoms with E-state index in [2.05, 4.69) is 34.7 Å². The highest BCUT2D eigenvalue weighted by Gasteiger charge is 2.12. The Hall–Kier alpha value is -1.20. The number of hydrogen-bond donors (Lipinski definition) is 2. The molecular formula is C13H22N4O. The number of anilines is 1. The van der Waals surface area contributed by atoms with E-state index in [4.69, 9.17) is 4.74 Å². The number of rotatable bonds is 5. The van der Waals surface area contributed by atoms with Crippen LogP contribution < -0.4 is 10.6 Å². The predicted octanol–water partition coefficient (Wildman–Crippen LogP) is 1.08. The SMILES string of the molecule is CC(C)Cc1ccc(NCC2CNCCO2)nn1. The average Bonchev–Trinajstić information content (AvgIpc) is 2.38. The van der Waals surface area contributed by atoms with Crippen LogP contribution in [0.25, 0.3) is 0 Å². The van der Waals surface area contributed by atoms with E-state index in [0.717, 1.165) is 44.2 Å². The average molecular weight is 250 g/mol. The fourth-order valence-corrected chi connectivity index (χ4v) is 1.95. The summed E-state index contributed by atoms with van der Waals surface area (Å²) in [7, 11) is 0. The van der Waals surface area contributed by atoms with Crippen molar-refractivity contribution in [3.05, 3.63) is 17.8 Å². The molecule has 100 valence electrons. The van der Waals surface area contributed by atoms with Crippen molar-refractivity contribution in [3.8, 4) is 0 Å². The third-order valence-corrected chi connectivity index (χ3v) is 2.85. The van der Waals surface area contributed by atoms with Crippen molar-refractivity contribution in [2.75, 3.05) is 31.6 Å². The molecule has 1 aromatic heterocycles. The Labute approximate surface area is 108 Å². The second-order valence-corrected chi connectivity index (χ2v) is 5.09. The first-order chi connectivity index (χ1) is 8.74. The van der Waals surface area contributed by atoms with E-state index in [-0.39, 0.29) is 6.10 Å². The summed E-state index contributed by atoms with van der Waals surface area (Å²) in [5.74, 6) is 1.43.